The second-order valence-corrected chi connectivity index (χ2v) is 3.88. The van der Waals surface area contributed by atoms with Gasteiger partial charge in [0.05, 0.1) is 11.8 Å². The first kappa shape index (κ1) is 13.7. The first-order valence-electron chi connectivity index (χ1n) is 5.64. The molecule has 0 heterocycles. The first-order chi connectivity index (χ1) is 9.58. The lowest BCUT2D eigenvalue weighted by Gasteiger charge is -2.01. The summed E-state index contributed by atoms with van der Waals surface area (Å²) in [4.78, 5) is 11.6. The second kappa shape index (κ2) is 5.92. The van der Waals surface area contributed by atoms with Crippen LogP contribution >= 0.6 is 0 Å². The molecule has 2 aromatic rings. The summed E-state index contributed by atoms with van der Waals surface area (Å²) in [5, 5.41) is 12.6. The Kier molecular flexibility index (Phi) is 4.05. The van der Waals surface area contributed by atoms with E-state index in [0.717, 1.165) is 18.3 Å². The number of benzene rings is 2. The molecule has 1 amide bonds. The van der Waals surface area contributed by atoms with Crippen LogP contribution in [0.4, 0.5) is 8.78 Å². The number of hydrogen-bond donors (Lipinski definition) is 2. The van der Waals surface area contributed by atoms with Crippen molar-refractivity contribution >= 4 is 12.1 Å². The summed E-state index contributed by atoms with van der Waals surface area (Å²) in [7, 11) is 0. The van der Waals surface area contributed by atoms with Crippen molar-refractivity contribution in [1.82, 2.24) is 5.43 Å². The number of amides is 1. The Bertz CT molecular complexity index is 634. The predicted octanol–water partition coefficient (Wildman–Crippen LogP) is 2.43. The zero-order valence-corrected chi connectivity index (χ0v) is 10.2. The molecule has 20 heavy (non-hydrogen) atoms. The van der Waals surface area contributed by atoms with E-state index in [1.54, 1.807) is 0 Å². The summed E-state index contributed by atoms with van der Waals surface area (Å²) >= 11 is 0. The van der Waals surface area contributed by atoms with Crippen LogP contribution in [0.1, 0.15) is 15.9 Å². The lowest BCUT2D eigenvalue weighted by molar-refractivity contribution is 0.0955. The highest BCUT2D eigenvalue weighted by atomic mass is 19.1. The van der Waals surface area contributed by atoms with Gasteiger partial charge in [0.25, 0.3) is 5.91 Å². The molecular weight excluding hydrogens is 266 g/mol. The summed E-state index contributed by atoms with van der Waals surface area (Å²) in [5.74, 6) is -2.07. The van der Waals surface area contributed by atoms with Gasteiger partial charge in [-0.05, 0) is 36.4 Å². The van der Waals surface area contributed by atoms with Crippen LogP contribution in [-0.2, 0) is 0 Å². The van der Waals surface area contributed by atoms with E-state index in [1.807, 2.05) is 0 Å². The Morgan fingerprint density at radius 1 is 1.10 bits per heavy atom. The average Bonchev–Trinajstić information content (AvgIpc) is 2.42. The van der Waals surface area contributed by atoms with Gasteiger partial charge in [-0.15, -0.1) is 0 Å². The molecule has 0 atom stereocenters. The predicted molar refractivity (Wildman–Crippen MR) is 69.5 cm³/mol. The van der Waals surface area contributed by atoms with Crippen molar-refractivity contribution in [3.8, 4) is 5.75 Å². The molecule has 2 rings (SSSR count). The molecule has 0 spiro atoms. The minimum Gasteiger partial charge on any atom is -0.508 e. The van der Waals surface area contributed by atoms with Crippen LogP contribution in [0.5, 0.6) is 5.75 Å². The monoisotopic (exact) mass is 276 g/mol. The molecule has 0 fully saturated rings. The molecule has 2 aromatic carbocycles. The van der Waals surface area contributed by atoms with Crippen molar-refractivity contribution in [2.45, 2.75) is 0 Å². The van der Waals surface area contributed by atoms with Crippen LogP contribution in [-0.4, -0.2) is 17.2 Å². The number of carbonyl (C=O) groups excluding carboxylic acids is 1. The molecule has 0 aliphatic heterocycles. The molecule has 0 saturated carbocycles. The maximum atomic E-state index is 13.3. The number of phenols is 1. The Morgan fingerprint density at radius 2 is 1.70 bits per heavy atom. The van der Waals surface area contributed by atoms with Crippen LogP contribution < -0.4 is 5.43 Å². The Hall–Kier alpha value is -2.76. The molecule has 6 heteroatoms. The third-order valence-corrected chi connectivity index (χ3v) is 2.49. The van der Waals surface area contributed by atoms with Crippen LogP contribution in [0.15, 0.2) is 47.6 Å². The topological polar surface area (TPSA) is 61.7 Å². The lowest BCUT2D eigenvalue weighted by atomic mass is 10.2. The maximum Gasteiger partial charge on any atom is 0.271 e. The minimum atomic E-state index is -0.771. The number of halogens is 2. The third kappa shape index (κ3) is 3.17. The highest BCUT2D eigenvalue weighted by Gasteiger charge is 2.06. The maximum absolute atomic E-state index is 13.3. The van der Waals surface area contributed by atoms with Gasteiger partial charge in [0.2, 0.25) is 0 Å². The first-order valence-corrected chi connectivity index (χ1v) is 5.64. The molecule has 0 radical (unpaired) electrons. The average molecular weight is 276 g/mol. The highest BCUT2D eigenvalue weighted by molar-refractivity contribution is 5.95. The van der Waals surface area contributed by atoms with Gasteiger partial charge in [0.1, 0.15) is 17.4 Å². The fourth-order valence-corrected chi connectivity index (χ4v) is 1.47. The van der Waals surface area contributed by atoms with Crippen molar-refractivity contribution < 1.29 is 18.7 Å². The minimum absolute atomic E-state index is 0.0264. The van der Waals surface area contributed by atoms with Crippen LogP contribution in [0, 0.1) is 11.6 Å². The number of nitrogens with zero attached hydrogens (tertiary/aromatic N) is 1. The largest absolute Gasteiger partial charge is 0.508 e. The summed E-state index contributed by atoms with van der Waals surface area (Å²) in [6.45, 7) is 0. The number of carbonyl (C=O) groups is 1. The highest BCUT2D eigenvalue weighted by Crippen LogP contribution is 2.10. The van der Waals surface area contributed by atoms with Gasteiger partial charge in [0.15, 0.2) is 0 Å². The fraction of sp³-hybridized carbons (Fsp3) is 0. The van der Waals surface area contributed by atoms with E-state index in [-0.39, 0.29) is 16.9 Å². The van der Waals surface area contributed by atoms with Crippen molar-refractivity contribution in [2.75, 3.05) is 0 Å². The van der Waals surface area contributed by atoms with Gasteiger partial charge in [-0.2, -0.15) is 5.10 Å². The Balaban J connectivity index is 2.06. The van der Waals surface area contributed by atoms with Crippen LogP contribution in [0.3, 0.4) is 0 Å². The molecule has 0 saturated heterocycles. The molecular formula is C14H10F2N2O2. The normalized spacial score (nSPS) is 10.7. The fourth-order valence-electron chi connectivity index (χ4n) is 1.47. The van der Waals surface area contributed by atoms with Gasteiger partial charge in [-0.25, -0.2) is 14.2 Å². The van der Waals surface area contributed by atoms with Gasteiger partial charge in [-0.3, -0.25) is 4.79 Å². The van der Waals surface area contributed by atoms with Gasteiger partial charge in [0, 0.05) is 5.56 Å². The van der Waals surface area contributed by atoms with E-state index in [2.05, 4.69) is 10.5 Å². The molecule has 0 bridgehead atoms. The molecule has 0 aromatic heterocycles. The molecule has 0 aliphatic carbocycles. The third-order valence-electron chi connectivity index (χ3n) is 2.49. The standard InChI is InChI=1S/C14H10F2N2O2/c15-12-2-1-3-13(16)11(12)8-17-18-14(20)9-4-6-10(19)7-5-9/h1-8,19H,(H,18,20)/b17-8-. The molecule has 0 aliphatic rings. The lowest BCUT2D eigenvalue weighted by Crippen LogP contribution is -2.17. The van der Waals surface area contributed by atoms with Gasteiger partial charge < -0.3 is 5.11 Å². The molecule has 4 nitrogen and oxygen atoms in total. The van der Waals surface area contributed by atoms with E-state index < -0.39 is 17.5 Å². The number of hydrazone groups is 1. The zero-order valence-electron chi connectivity index (χ0n) is 10.2. The van der Waals surface area contributed by atoms with E-state index >= 15 is 0 Å². The summed E-state index contributed by atoms with van der Waals surface area (Å²) < 4.78 is 26.5. The van der Waals surface area contributed by atoms with E-state index in [4.69, 9.17) is 5.11 Å². The van der Waals surface area contributed by atoms with E-state index in [9.17, 15) is 13.6 Å². The number of nitrogens with one attached hydrogen (secondary N) is 1. The Morgan fingerprint density at radius 3 is 2.30 bits per heavy atom. The molecule has 2 N–H and O–H groups in total. The molecule has 102 valence electrons. The summed E-state index contributed by atoms with van der Waals surface area (Å²) in [5.41, 5.74) is 2.06. The number of rotatable bonds is 3. The Labute approximate surface area is 113 Å². The summed E-state index contributed by atoms with van der Waals surface area (Å²) in [6.07, 6.45) is 0.892. The van der Waals surface area contributed by atoms with Crippen LogP contribution in [0.2, 0.25) is 0 Å². The number of hydrogen-bond acceptors (Lipinski definition) is 3. The molecule has 0 unspecified atom stereocenters. The van der Waals surface area contributed by atoms with E-state index in [0.29, 0.717) is 0 Å². The number of aromatic hydroxyl groups is 1. The number of phenolic OH excluding ortho intramolecular Hbond substituents is 1. The zero-order chi connectivity index (χ0) is 14.5. The van der Waals surface area contributed by atoms with Crippen molar-refractivity contribution in [1.29, 1.82) is 0 Å². The van der Waals surface area contributed by atoms with Gasteiger partial charge >= 0.3 is 0 Å². The second-order valence-electron chi connectivity index (χ2n) is 3.88. The van der Waals surface area contributed by atoms with Crippen molar-refractivity contribution in [2.24, 2.45) is 5.10 Å². The van der Waals surface area contributed by atoms with Crippen molar-refractivity contribution in [3.63, 3.8) is 0 Å². The quantitative estimate of drug-likeness (QED) is 0.668. The van der Waals surface area contributed by atoms with Crippen molar-refractivity contribution in [3.05, 3.63) is 65.2 Å². The van der Waals surface area contributed by atoms with Gasteiger partial charge in [-0.1, -0.05) is 6.07 Å². The summed E-state index contributed by atoms with van der Waals surface area (Å²) in [6, 6.07) is 8.88. The SMILES string of the molecule is O=C(N/N=C\c1c(F)cccc1F)c1ccc(O)cc1. The van der Waals surface area contributed by atoms with Crippen LogP contribution in [0.25, 0.3) is 0 Å². The smallest absolute Gasteiger partial charge is 0.271 e. The van der Waals surface area contributed by atoms with E-state index in [1.165, 1.54) is 30.3 Å².